The van der Waals surface area contributed by atoms with Crippen molar-refractivity contribution in [2.75, 3.05) is 6.61 Å². The van der Waals surface area contributed by atoms with Gasteiger partial charge in [-0.1, -0.05) is 24.3 Å². The van der Waals surface area contributed by atoms with Crippen molar-refractivity contribution in [3.05, 3.63) is 65.2 Å². The van der Waals surface area contributed by atoms with E-state index < -0.39 is 12.8 Å². The molecule has 1 aliphatic rings. The lowest BCUT2D eigenvalue weighted by molar-refractivity contribution is -0.153. The average molecular weight is 420 g/mol. The predicted octanol–water partition coefficient (Wildman–Crippen LogP) is 3.21. The summed E-state index contributed by atoms with van der Waals surface area (Å²) in [7, 11) is 0. The Morgan fingerprint density at radius 2 is 1.50 bits per heavy atom. The van der Waals surface area contributed by atoms with Gasteiger partial charge in [0.25, 0.3) is 5.91 Å². The summed E-state index contributed by atoms with van der Waals surface area (Å²) < 4.78 is 41.1. The molecule has 1 N–H and O–H groups in total. The highest BCUT2D eigenvalue weighted by molar-refractivity contribution is 6.01. The van der Waals surface area contributed by atoms with Crippen molar-refractivity contribution in [1.29, 1.82) is 0 Å². The third-order valence-corrected chi connectivity index (χ3v) is 4.49. The van der Waals surface area contributed by atoms with E-state index in [-0.39, 0.29) is 49.4 Å². The van der Waals surface area contributed by atoms with Gasteiger partial charge in [0.05, 0.1) is 6.54 Å². The van der Waals surface area contributed by atoms with Crippen LogP contribution in [-0.2, 0) is 22.7 Å². The van der Waals surface area contributed by atoms with Crippen LogP contribution in [0.4, 0.5) is 13.2 Å². The molecule has 0 aliphatic carbocycles. The van der Waals surface area contributed by atoms with Gasteiger partial charge in [-0.15, -0.1) is 0 Å². The summed E-state index contributed by atoms with van der Waals surface area (Å²) in [5, 5.41) is 2.72. The van der Waals surface area contributed by atoms with Crippen molar-refractivity contribution >= 4 is 17.7 Å². The minimum atomic E-state index is -4.40. The van der Waals surface area contributed by atoms with Gasteiger partial charge in [-0.25, -0.2) is 0 Å². The lowest BCUT2D eigenvalue weighted by Gasteiger charge is -2.14. The molecule has 1 saturated heterocycles. The molecule has 158 valence electrons. The van der Waals surface area contributed by atoms with E-state index in [2.05, 4.69) is 10.1 Å². The number of nitrogens with zero attached hydrogens (tertiary/aromatic N) is 1. The van der Waals surface area contributed by atoms with Crippen LogP contribution in [0.15, 0.2) is 48.5 Å². The quantitative estimate of drug-likeness (QED) is 0.698. The number of hydrogen-bond acceptors (Lipinski definition) is 4. The van der Waals surface area contributed by atoms with E-state index in [1.807, 2.05) is 0 Å². The lowest BCUT2D eigenvalue weighted by atomic mass is 10.1. The van der Waals surface area contributed by atoms with E-state index in [4.69, 9.17) is 0 Å². The van der Waals surface area contributed by atoms with Gasteiger partial charge < -0.3 is 10.1 Å². The molecule has 6 nitrogen and oxygen atoms in total. The standard InChI is InChI=1S/C21H19F3N2O4/c22-21(23,24)13-30-17-7-3-14(4-8-17)11-25-20(29)16-5-1-15(2-6-16)12-26-18(27)9-10-19(26)28/h1-8H,9-13H2,(H,25,29). The fourth-order valence-corrected chi connectivity index (χ4v) is 2.90. The topological polar surface area (TPSA) is 75.7 Å². The third-order valence-electron chi connectivity index (χ3n) is 4.49. The molecule has 0 unspecified atom stereocenters. The van der Waals surface area contributed by atoms with Gasteiger partial charge in [-0.05, 0) is 35.4 Å². The second kappa shape index (κ2) is 8.98. The number of carbonyl (C=O) groups excluding carboxylic acids is 3. The van der Waals surface area contributed by atoms with Crippen LogP contribution >= 0.6 is 0 Å². The highest BCUT2D eigenvalue weighted by Crippen LogP contribution is 2.19. The number of imide groups is 1. The van der Waals surface area contributed by atoms with E-state index in [9.17, 15) is 27.6 Å². The first-order valence-corrected chi connectivity index (χ1v) is 9.20. The van der Waals surface area contributed by atoms with E-state index in [1.165, 1.54) is 17.0 Å². The molecule has 3 amide bonds. The van der Waals surface area contributed by atoms with Gasteiger partial charge >= 0.3 is 6.18 Å². The number of rotatable bonds is 7. The van der Waals surface area contributed by atoms with Crippen molar-refractivity contribution in [2.24, 2.45) is 0 Å². The molecule has 0 bridgehead atoms. The summed E-state index contributed by atoms with van der Waals surface area (Å²) in [5.41, 5.74) is 1.85. The molecule has 0 aromatic heterocycles. The Labute approximate surface area is 170 Å². The van der Waals surface area contributed by atoms with Crippen LogP contribution in [0, 0.1) is 0 Å². The molecule has 1 aliphatic heterocycles. The number of nitrogens with one attached hydrogen (secondary N) is 1. The summed E-state index contributed by atoms with van der Waals surface area (Å²) in [6.45, 7) is -0.988. The summed E-state index contributed by atoms with van der Waals surface area (Å²) in [5.74, 6) is -0.631. The normalized spacial score (nSPS) is 14.2. The molecule has 0 saturated carbocycles. The van der Waals surface area contributed by atoms with Crippen molar-refractivity contribution in [3.8, 4) is 5.75 Å². The zero-order valence-electron chi connectivity index (χ0n) is 15.9. The predicted molar refractivity (Wildman–Crippen MR) is 100 cm³/mol. The second-order valence-corrected chi connectivity index (χ2v) is 6.80. The van der Waals surface area contributed by atoms with Crippen LogP contribution in [0.1, 0.15) is 34.3 Å². The van der Waals surface area contributed by atoms with Crippen LogP contribution in [0.3, 0.4) is 0 Å². The Hall–Kier alpha value is -3.36. The highest BCUT2D eigenvalue weighted by Gasteiger charge is 2.29. The van der Waals surface area contributed by atoms with Gasteiger partial charge in [0.1, 0.15) is 5.75 Å². The summed E-state index contributed by atoms with van der Waals surface area (Å²) in [6.07, 6.45) is -3.94. The Morgan fingerprint density at radius 3 is 2.07 bits per heavy atom. The molecule has 1 fully saturated rings. The number of likely N-dealkylation sites (tertiary alicyclic amines) is 1. The number of amides is 3. The zero-order valence-corrected chi connectivity index (χ0v) is 15.9. The van der Waals surface area contributed by atoms with Crippen LogP contribution in [0.5, 0.6) is 5.75 Å². The van der Waals surface area contributed by atoms with Gasteiger partial charge in [0, 0.05) is 24.9 Å². The molecule has 9 heteroatoms. The Kier molecular flexibility index (Phi) is 6.39. The molecule has 30 heavy (non-hydrogen) atoms. The van der Waals surface area contributed by atoms with Crippen LogP contribution in [-0.4, -0.2) is 35.4 Å². The van der Waals surface area contributed by atoms with Gasteiger partial charge in [0.15, 0.2) is 6.61 Å². The fraction of sp³-hybridized carbons (Fsp3) is 0.286. The number of benzene rings is 2. The summed E-state index contributed by atoms with van der Waals surface area (Å²) in [4.78, 5) is 36.8. The molecule has 0 spiro atoms. The molecule has 2 aromatic carbocycles. The maximum Gasteiger partial charge on any atom is 0.422 e. The highest BCUT2D eigenvalue weighted by atomic mass is 19.4. The van der Waals surface area contributed by atoms with Crippen molar-refractivity contribution < 1.29 is 32.3 Å². The van der Waals surface area contributed by atoms with E-state index >= 15 is 0 Å². The first kappa shape index (κ1) is 21.4. The molecular weight excluding hydrogens is 401 g/mol. The minimum Gasteiger partial charge on any atom is -0.484 e. The first-order valence-electron chi connectivity index (χ1n) is 9.20. The summed E-state index contributed by atoms with van der Waals surface area (Å²) in [6, 6.07) is 12.5. The molecular formula is C21H19F3N2O4. The third kappa shape index (κ3) is 5.82. The first-order chi connectivity index (χ1) is 14.2. The molecule has 1 heterocycles. The Morgan fingerprint density at radius 1 is 0.933 bits per heavy atom. The number of halogens is 3. The Bertz CT molecular complexity index is 909. The maximum absolute atomic E-state index is 12.3. The maximum atomic E-state index is 12.3. The molecule has 0 radical (unpaired) electrons. The van der Waals surface area contributed by atoms with Crippen molar-refractivity contribution in [3.63, 3.8) is 0 Å². The van der Waals surface area contributed by atoms with Crippen LogP contribution < -0.4 is 10.1 Å². The lowest BCUT2D eigenvalue weighted by Crippen LogP contribution is -2.28. The van der Waals surface area contributed by atoms with E-state index in [0.29, 0.717) is 11.1 Å². The van der Waals surface area contributed by atoms with Gasteiger partial charge in [-0.3, -0.25) is 19.3 Å². The van der Waals surface area contributed by atoms with E-state index in [1.54, 1.807) is 36.4 Å². The zero-order chi connectivity index (χ0) is 21.7. The van der Waals surface area contributed by atoms with Gasteiger partial charge in [0.2, 0.25) is 11.8 Å². The number of carbonyl (C=O) groups is 3. The van der Waals surface area contributed by atoms with Crippen LogP contribution in [0.25, 0.3) is 0 Å². The SMILES string of the molecule is O=C(NCc1ccc(OCC(F)(F)F)cc1)c1ccc(CN2C(=O)CCC2=O)cc1. The summed E-state index contributed by atoms with van der Waals surface area (Å²) >= 11 is 0. The van der Waals surface area contributed by atoms with E-state index in [0.717, 1.165) is 5.56 Å². The Balaban J connectivity index is 1.50. The monoisotopic (exact) mass is 420 g/mol. The van der Waals surface area contributed by atoms with Crippen molar-refractivity contribution in [2.45, 2.75) is 32.1 Å². The minimum absolute atomic E-state index is 0.0907. The molecule has 3 rings (SSSR count). The smallest absolute Gasteiger partial charge is 0.422 e. The van der Waals surface area contributed by atoms with Crippen LogP contribution in [0.2, 0.25) is 0 Å². The molecule has 0 atom stereocenters. The number of alkyl halides is 3. The number of ether oxygens (including phenoxy) is 1. The second-order valence-electron chi connectivity index (χ2n) is 6.80. The average Bonchev–Trinajstić information content (AvgIpc) is 3.03. The number of hydrogen-bond donors (Lipinski definition) is 1. The largest absolute Gasteiger partial charge is 0.484 e. The fourth-order valence-electron chi connectivity index (χ4n) is 2.90. The molecule has 2 aromatic rings. The van der Waals surface area contributed by atoms with Gasteiger partial charge in [-0.2, -0.15) is 13.2 Å². The van der Waals surface area contributed by atoms with Crippen molar-refractivity contribution in [1.82, 2.24) is 10.2 Å².